The maximum atomic E-state index is 16.4. The van der Waals surface area contributed by atoms with E-state index in [1.807, 2.05) is 0 Å². The third-order valence-corrected chi connectivity index (χ3v) is 8.50. The first-order valence-corrected chi connectivity index (χ1v) is 14.0. The summed E-state index contributed by atoms with van der Waals surface area (Å²) < 4.78 is 155. The minimum atomic E-state index is -5.30. The zero-order valence-electron chi connectivity index (χ0n) is 23.8. The van der Waals surface area contributed by atoms with E-state index in [4.69, 9.17) is 15.2 Å². The van der Waals surface area contributed by atoms with Gasteiger partial charge in [-0.15, -0.1) is 0 Å². The second-order valence-corrected chi connectivity index (χ2v) is 11.3. The van der Waals surface area contributed by atoms with Gasteiger partial charge in [-0.1, -0.05) is 0 Å². The number of nitrogens with two attached hydrogens (primary N) is 1. The number of fused-ring (bicyclic) bond motifs is 1. The minimum absolute atomic E-state index is 0.00720. The molecule has 0 spiro atoms. The molecule has 3 aromatic rings. The first kappa shape index (κ1) is 32.1. The van der Waals surface area contributed by atoms with Gasteiger partial charge in [0.1, 0.15) is 40.4 Å². The van der Waals surface area contributed by atoms with Gasteiger partial charge in [0, 0.05) is 31.6 Å². The van der Waals surface area contributed by atoms with Crippen LogP contribution in [0.2, 0.25) is 0 Å². The Labute approximate surface area is 253 Å². The maximum absolute atomic E-state index is 16.4. The predicted octanol–water partition coefficient (Wildman–Crippen LogP) is 5.07. The van der Waals surface area contributed by atoms with Crippen molar-refractivity contribution in [3.05, 3.63) is 28.8 Å². The fraction of sp³-hybridized carbons (Fsp3) is 0.519. The number of ether oxygens (including phenoxy) is 2. The number of pyridine rings is 1. The van der Waals surface area contributed by atoms with Gasteiger partial charge in [-0.3, -0.25) is 4.90 Å². The highest BCUT2D eigenvalue weighted by Gasteiger charge is 2.72. The predicted molar refractivity (Wildman–Crippen MR) is 143 cm³/mol. The lowest BCUT2D eigenvalue weighted by Crippen LogP contribution is -2.84. The number of benzene rings is 1. The van der Waals surface area contributed by atoms with Crippen molar-refractivity contribution in [1.82, 2.24) is 25.2 Å². The molecular weight excluding hydrogens is 644 g/mol. The van der Waals surface area contributed by atoms with Crippen molar-refractivity contribution in [2.24, 2.45) is 0 Å². The molecule has 0 amide bonds. The Morgan fingerprint density at radius 1 is 1.07 bits per heavy atom. The van der Waals surface area contributed by atoms with E-state index in [9.17, 15) is 39.5 Å². The van der Waals surface area contributed by atoms with Gasteiger partial charge in [0.2, 0.25) is 5.88 Å². The topological polar surface area (TPSA) is 110 Å². The lowest BCUT2D eigenvalue weighted by atomic mass is 9.71. The fourth-order valence-electron chi connectivity index (χ4n) is 5.93. The largest absolute Gasteiger partial charge is 0.464 e. The second kappa shape index (κ2) is 10.9. The van der Waals surface area contributed by atoms with Gasteiger partial charge in [0.15, 0.2) is 11.9 Å². The molecule has 6 rings (SSSR count). The van der Waals surface area contributed by atoms with Crippen molar-refractivity contribution in [2.75, 3.05) is 50.4 Å². The molecule has 250 valence electrons. The summed E-state index contributed by atoms with van der Waals surface area (Å²) in [5.74, 6) is -7.53. The van der Waals surface area contributed by atoms with E-state index in [1.54, 1.807) is 0 Å². The number of nitrogen functional groups attached to an aromatic ring is 1. The summed E-state index contributed by atoms with van der Waals surface area (Å²) in [6, 6.07) is -0.242. The highest BCUT2D eigenvalue weighted by Crippen LogP contribution is 2.53. The van der Waals surface area contributed by atoms with E-state index in [1.165, 1.54) is 4.90 Å². The first-order valence-electron chi connectivity index (χ1n) is 14.0. The summed E-state index contributed by atoms with van der Waals surface area (Å²) >= 11 is 0. The van der Waals surface area contributed by atoms with Gasteiger partial charge >= 0.3 is 18.4 Å². The first-order chi connectivity index (χ1) is 21.4. The third-order valence-electron chi connectivity index (χ3n) is 8.50. The molecule has 2 fully saturated rings. The lowest BCUT2D eigenvalue weighted by Gasteiger charge is -2.64. The molecule has 3 aliphatic rings. The van der Waals surface area contributed by atoms with Crippen LogP contribution in [0.15, 0.2) is 6.07 Å². The molecule has 9 nitrogen and oxygen atoms in total. The standard InChI is InChI=1S/C27H25F10N7O2/c1-11-16(27(35,36)37)12(8-13(38)17(11)28)19-18(29)20-15-21(40-6-5-39-4-2-14(26(32,33)34)46-22(15)41-19)43-23(42-20)45-10-24-3-7-44(24)9-25(24,30)31/h8,14,39H,2-7,9-10,38H2,1H3,(H,40,42,43). The molecular formula is C27H25F10N7O2. The molecule has 46 heavy (non-hydrogen) atoms. The highest BCUT2D eigenvalue weighted by atomic mass is 19.4. The summed E-state index contributed by atoms with van der Waals surface area (Å²) in [6.45, 7) is -0.150. The van der Waals surface area contributed by atoms with Gasteiger partial charge in [0.05, 0.1) is 17.8 Å². The van der Waals surface area contributed by atoms with Gasteiger partial charge in [-0.25, -0.2) is 22.5 Å². The Kier molecular flexibility index (Phi) is 7.57. The van der Waals surface area contributed by atoms with Crippen LogP contribution in [-0.2, 0) is 6.18 Å². The van der Waals surface area contributed by atoms with Crippen LogP contribution in [0.25, 0.3) is 22.2 Å². The van der Waals surface area contributed by atoms with Crippen LogP contribution in [0.4, 0.5) is 55.4 Å². The smallest absolute Gasteiger partial charge is 0.425 e. The van der Waals surface area contributed by atoms with Crippen molar-refractivity contribution in [1.29, 1.82) is 0 Å². The second-order valence-electron chi connectivity index (χ2n) is 11.3. The zero-order valence-corrected chi connectivity index (χ0v) is 23.8. The molecule has 2 atom stereocenters. The number of nitrogens with zero attached hydrogens (tertiary/aromatic N) is 4. The Hall–Kier alpha value is -3.87. The quantitative estimate of drug-likeness (QED) is 0.259. The number of halogens is 10. The number of anilines is 2. The van der Waals surface area contributed by atoms with Crippen molar-refractivity contribution in [2.45, 2.75) is 49.7 Å². The Bertz CT molecular complexity index is 1700. The van der Waals surface area contributed by atoms with Gasteiger partial charge in [-0.2, -0.15) is 36.3 Å². The SMILES string of the molecule is Cc1c(F)c(N)cc(-c2nc3c4c(nc(OCC56CCN5CC6(F)F)nc4c2F)NCCNCCC(C(F)(F)F)O3)c1C(F)(F)F. The number of aromatic nitrogens is 3. The molecule has 5 heterocycles. The molecule has 0 aliphatic carbocycles. The van der Waals surface area contributed by atoms with Crippen LogP contribution >= 0.6 is 0 Å². The van der Waals surface area contributed by atoms with Gasteiger partial charge in [-0.05, 0) is 31.5 Å². The van der Waals surface area contributed by atoms with E-state index in [-0.39, 0.29) is 31.9 Å². The number of nitrogens with one attached hydrogen (secondary N) is 2. The minimum Gasteiger partial charge on any atom is -0.464 e. The molecule has 0 bridgehead atoms. The summed E-state index contributed by atoms with van der Waals surface area (Å²) in [5, 5.41) is 4.94. The molecule has 2 aromatic heterocycles. The van der Waals surface area contributed by atoms with Crippen LogP contribution < -0.4 is 25.8 Å². The average molecular weight is 670 g/mol. The molecule has 19 heteroatoms. The van der Waals surface area contributed by atoms with Crippen LogP contribution in [0, 0.1) is 18.6 Å². The monoisotopic (exact) mass is 669 g/mol. The van der Waals surface area contributed by atoms with Crippen LogP contribution in [-0.4, -0.2) is 82.9 Å². The lowest BCUT2D eigenvalue weighted by molar-refractivity contribution is -0.302. The number of alkyl halides is 8. The normalized spacial score (nSPS) is 23.3. The van der Waals surface area contributed by atoms with Crippen molar-refractivity contribution in [3.8, 4) is 23.1 Å². The Morgan fingerprint density at radius 2 is 1.80 bits per heavy atom. The number of rotatable bonds is 4. The van der Waals surface area contributed by atoms with Gasteiger partial charge < -0.3 is 25.8 Å². The molecule has 0 radical (unpaired) electrons. The molecule has 1 aromatic carbocycles. The molecule has 2 saturated heterocycles. The van der Waals surface area contributed by atoms with E-state index >= 15 is 4.39 Å². The zero-order chi connectivity index (χ0) is 33.4. The molecule has 3 aliphatic heterocycles. The maximum Gasteiger partial charge on any atom is 0.425 e. The van der Waals surface area contributed by atoms with Crippen LogP contribution in [0.1, 0.15) is 24.0 Å². The highest BCUT2D eigenvalue weighted by molar-refractivity contribution is 5.96. The summed E-state index contributed by atoms with van der Waals surface area (Å²) in [7, 11) is 0. The summed E-state index contributed by atoms with van der Waals surface area (Å²) in [5.41, 5.74) is -2.81. The summed E-state index contributed by atoms with van der Waals surface area (Å²) in [4.78, 5) is 13.2. The molecule has 2 unspecified atom stereocenters. The van der Waals surface area contributed by atoms with Crippen molar-refractivity contribution < 1.29 is 53.4 Å². The number of hydrogen-bond donors (Lipinski definition) is 3. The molecule has 0 saturated carbocycles. The van der Waals surface area contributed by atoms with Crippen LogP contribution in [0.5, 0.6) is 11.9 Å². The Balaban J connectivity index is 1.58. The third kappa shape index (κ3) is 5.16. The summed E-state index contributed by atoms with van der Waals surface area (Å²) in [6.07, 6.45) is -13.5. The number of piperidine rings is 1. The molecule has 4 N–H and O–H groups in total. The number of hydrogen-bond acceptors (Lipinski definition) is 9. The van der Waals surface area contributed by atoms with Crippen molar-refractivity contribution in [3.63, 3.8) is 0 Å². The van der Waals surface area contributed by atoms with E-state index in [2.05, 4.69) is 25.6 Å². The van der Waals surface area contributed by atoms with E-state index < -0.39 is 112 Å². The Morgan fingerprint density at radius 3 is 2.41 bits per heavy atom. The average Bonchev–Trinajstić information content (AvgIpc) is 2.98. The fourth-order valence-corrected chi connectivity index (χ4v) is 5.93. The van der Waals surface area contributed by atoms with Crippen LogP contribution in [0.3, 0.4) is 0 Å². The van der Waals surface area contributed by atoms with E-state index in [0.717, 1.165) is 6.92 Å². The van der Waals surface area contributed by atoms with E-state index in [0.29, 0.717) is 12.6 Å². The van der Waals surface area contributed by atoms with Gasteiger partial charge in [0.25, 0.3) is 5.92 Å². The van der Waals surface area contributed by atoms with Crippen molar-refractivity contribution >= 4 is 22.4 Å².